The van der Waals surface area contributed by atoms with Gasteiger partial charge >= 0.3 is 0 Å². The fourth-order valence-corrected chi connectivity index (χ4v) is 4.79. The molecule has 1 saturated heterocycles. The molecule has 1 aliphatic rings. The van der Waals surface area contributed by atoms with Gasteiger partial charge in [0, 0.05) is 20.1 Å². The summed E-state index contributed by atoms with van der Waals surface area (Å²) in [6.45, 7) is 9.23. The molecule has 1 aromatic carbocycles. The van der Waals surface area contributed by atoms with Gasteiger partial charge in [0.15, 0.2) is 0 Å². The van der Waals surface area contributed by atoms with Gasteiger partial charge in [-0.1, -0.05) is 26.0 Å². The van der Waals surface area contributed by atoms with Crippen molar-refractivity contribution < 1.29 is 4.79 Å². The number of aromatic nitrogens is 1. The Labute approximate surface area is 148 Å². The van der Waals surface area contributed by atoms with Gasteiger partial charge in [-0.3, -0.25) is 9.69 Å². The van der Waals surface area contributed by atoms with Crippen LogP contribution in [0.1, 0.15) is 32.2 Å². The van der Waals surface area contributed by atoms with Crippen LogP contribution in [0.4, 0.5) is 0 Å². The molecule has 0 spiro atoms. The first-order chi connectivity index (χ1) is 11.4. The highest BCUT2D eigenvalue weighted by molar-refractivity contribution is 7.18. The number of hydrogen-bond acceptors (Lipinski definition) is 4. The number of carbonyl (C=O) groups is 1. The van der Waals surface area contributed by atoms with E-state index in [-0.39, 0.29) is 11.9 Å². The minimum absolute atomic E-state index is 0.0606. The molecule has 3 atom stereocenters. The average Bonchev–Trinajstić information content (AvgIpc) is 2.94. The zero-order valence-electron chi connectivity index (χ0n) is 15.0. The normalized spacial score (nSPS) is 23.3. The maximum atomic E-state index is 12.8. The lowest BCUT2D eigenvalue weighted by molar-refractivity contribution is -0.136. The zero-order valence-corrected chi connectivity index (χ0v) is 15.8. The summed E-state index contributed by atoms with van der Waals surface area (Å²) in [5.41, 5.74) is 1.02. The van der Waals surface area contributed by atoms with Gasteiger partial charge in [0.25, 0.3) is 0 Å². The fourth-order valence-electron chi connectivity index (χ4n) is 3.77. The highest BCUT2D eigenvalue weighted by atomic mass is 32.1. The SMILES string of the molecule is CC1CC(C)CN(C(C)C(=O)N(C)Cc2nc3ccccc3s2)C1. The molecule has 4 nitrogen and oxygen atoms in total. The van der Waals surface area contributed by atoms with Crippen LogP contribution in [-0.2, 0) is 11.3 Å². The van der Waals surface area contributed by atoms with Crippen LogP contribution in [0.5, 0.6) is 0 Å². The van der Waals surface area contributed by atoms with Crippen LogP contribution >= 0.6 is 11.3 Å². The van der Waals surface area contributed by atoms with E-state index < -0.39 is 0 Å². The number of hydrogen-bond donors (Lipinski definition) is 0. The third-order valence-corrected chi connectivity index (χ3v) is 5.91. The first-order valence-corrected chi connectivity index (χ1v) is 9.59. The third-order valence-electron chi connectivity index (χ3n) is 4.89. The topological polar surface area (TPSA) is 36.4 Å². The van der Waals surface area contributed by atoms with Crippen molar-refractivity contribution in [3.63, 3.8) is 0 Å². The van der Waals surface area contributed by atoms with E-state index in [0.717, 1.165) is 23.6 Å². The van der Waals surface area contributed by atoms with E-state index in [2.05, 4.69) is 29.8 Å². The second-order valence-electron chi connectivity index (χ2n) is 7.35. The molecule has 3 unspecified atom stereocenters. The van der Waals surface area contributed by atoms with Gasteiger partial charge in [-0.2, -0.15) is 0 Å². The van der Waals surface area contributed by atoms with E-state index in [1.165, 1.54) is 11.1 Å². The van der Waals surface area contributed by atoms with E-state index in [1.54, 1.807) is 11.3 Å². The van der Waals surface area contributed by atoms with Gasteiger partial charge < -0.3 is 4.90 Å². The molecule has 0 bridgehead atoms. The Morgan fingerprint density at radius 1 is 1.33 bits per heavy atom. The van der Waals surface area contributed by atoms with Crippen molar-refractivity contribution in [2.45, 2.75) is 39.8 Å². The Hall–Kier alpha value is -1.46. The number of amides is 1. The van der Waals surface area contributed by atoms with Gasteiger partial charge in [0.05, 0.1) is 22.8 Å². The summed E-state index contributed by atoms with van der Waals surface area (Å²) in [7, 11) is 1.89. The fraction of sp³-hybridized carbons (Fsp3) is 0.579. The minimum Gasteiger partial charge on any atom is -0.338 e. The summed E-state index contributed by atoms with van der Waals surface area (Å²) in [6, 6.07) is 8.07. The summed E-state index contributed by atoms with van der Waals surface area (Å²) in [5.74, 6) is 1.52. The number of likely N-dealkylation sites (N-methyl/N-ethyl adjacent to an activating group) is 1. The first-order valence-electron chi connectivity index (χ1n) is 8.77. The second-order valence-corrected chi connectivity index (χ2v) is 8.46. The lowest BCUT2D eigenvalue weighted by Crippen LogP contribution is -2.50. The van der Waals surface area contributed by atoms with Crippen LogP contribution in [0, 0.1) is 11.8 Å². The van der Waals surface area contributed by atoms with Gasteiger partial charge in [-0.15, -0.1) is 11.3 Å². The minimum atomic E-state index is -0.0606. The molecule has 24 heavy (non-hydrogen) atoms. The van der Waals surface area contributed by atoms with Crippen molar-refractivity contribution in [2.24, 2.45) is 11.8 Å². The number of benzene rings is 1. The Morgan fingerprint density at radius 2 is 2.00 bits per heavy atom. The molecule has 1 fully saturated rings. The van der Waals surface area contributed by atoms with Crippen molar-refractivity contribution in [2.75, 3.05) is 20.1 Å². The van der Waals surface area contributed by atoms with Gasteiger partial charge in [0.1, 0.15) is 5.01 Å². The molecule has 1 aliphatic heterocycles. The van der Waals surface area contributed by atoms with E-state index in [1.807, 2.05) is 37.1 Å². The molecule has 1 aromatic heterocycles. The second kappa shape index (κ2) is 7.19. The van der Waals surface area contributed by atoms with Gasteiger partial charge in [-0.25, -0.2) is 4.98 Å². The van der Waals surface area contributed by atoms with E-state index in [9.17, 15) is 4.79 Å². The van der Waals surface area contributed by atoms with E-state index >= 15 is 0 Å². The Kier molecular flexibility index (Phi) is 5.21. The predicted molar refractivity (Wildman–Crippen MR) is 100 cm³/mol. The summed E-state index contributed by atoms with van der Waals surface area (Å²) in [4.78, 5) is 21.6. The first kappa shape index (κ1) is 17.4. The molecule has 3 rings (SSSR count). The zero-order chi connectivity index (χ0) is 17.3. The van der Waals surface area contributed by atoms with Crippen LogP contribution in [0.15, 0.2) is 24.3 Å². The summed E-state index contributed by atoms with van der Waals surface area (Å²) >= 11 is 1.67. The van der Waals surface area contributed by atoms with E-state index in [0.29, 0.717) is 18.4 Å². The summed E-state index contributed by atoms with van der Waals surface area (Å²) < 4.78 is 1.18. The standard InChI is InChI=1S/C19H27N3OS/c1-13-9-14(2)11-22(10-13)15(3)19(23)21(4)12-18-20-16-7-5-6-8-17(16)24-18/h5-8,13-15H,9-12H2,1-4H3. The van der Waals surface area contributed by atoms with Gasteiger partial charge in [-0.05, 0) is 37.3 Å². The largest absolute Gasteiger partial charge is 0.338 e. The number of thiazole rings is 1. The van der Waals surface area contributed by atoms with E-state index in [4.69, 9.17) is 0 Å². The molecular formula is C19H27N3OS. The Morgan fingerprint density at radius 3 is 2.67 bits per heavy atom. The lowest BCUT2D eigenvalue weighted by Gasteiger charge is -2.39. The number of likely N-dealkylation sites (tertiary alicyclic amines) is 1. The summed E-state index contributed by atoms with van der Waals surface area (Å²) in [5, 5.41) is 1.000. The highest BCUT2D eigenvalue weighted by Gasteiger charge is 2.30. The highest BCUT2D eigenvalue weighted by Crippen LogP contribution is 2.25. The quantitative estimate of drug-likeness (QED) is 0.849. The maximum absolute atomic E-state index is 12.8. The van der Waals surface area contributed by atoms with Gasteiger partial charge in [0.2, 0.25) is 5.91 Å². The smallest absolute Gasteiger partial charge is 0.239 e. The Balaban J connectivity index is 1.65. The van der Waals surface area contributed by atoms with Crippen LogP contribution < -0.4 is 0 Å². The molecule has 0 radical (unpaired) electrons. The average molecular weight is 346 g/mol. The van der Waals surface area contributed by atoms with Crippen LogP contribution in [-0.4, -0.2) is 46.9 Å². The number of para-hydroxylation sites is 1. The van der Waals surface area contributed by atoms with Crippen molar-refractivity contribution in [1.82, 2.24) is 14.8 Å². The van der Waals surface area contributed by atoms with Crippen molar-refractivity contribution in [3.05, 3.63) is 29.3 Å². The molecule has 5 heteroatoms. The molecule has 0 aliphatic carbocycles. The number of nitrogens with zero attached hydrogens (tertiary/aromatic N) is 3. The molecule has 1 amide bonds. The molecule has 2 aromatic rings. The van der Waals surface area contributed by atoms with Crippen molar-refractivity contribution in [3.8, 4) is 0 Å². The van der Waals surface area contributed by atoms with Crippen molar-refractivity contribution in [1.29, 1.82) is 0 Å². The molecule has 2 heterocycles. The number of carbonyl (C=O) groups excluding carboxylic acids is 1. The van der Waals surface area contributed by atoms with Crippen LogP contribution in [0.2, 0.25) is 0 Å². The number of piperidine rings is 1. The maximum Gasteiger partial charge on any atom is 0.239 e. The predicted octanol–water partition coefficient (Wildman–Crippen LogP) is 3.62. The molecular weight excluding hydrogens is 318 g/mol. The third kappa shape index (κ3) is 3.78. The van der Waals surface area contributed by atoms with Crippen molar-refractivity contribution >= 4 is 27.5 Å². The number of fused-ring (bicyclic) bond motifs is 1. The Bertz CT molecular complexity index is 670. The molecule has 0 saturated carbocycles. The molecule has 130 valence electrons. The van der Waals surface area contributed by atoms with Crippen LogP contribution in [0.25, 0.3) is 10.2 Å². The summed E-state index contributed by atoms with van der Waals surface area (Å²) in [6.07, 6.45) is 1.26. The number of rotatable bonds is 4. The lowest BCUT2D eigenvalue weighted by atomic mass is 9.91. The van der Waals surface area contributed by atoms with Crippen LogP contribution in [0.3, 0.4) is 0 Å². The monoisotopic (exact) mass is 345 g/mol. The molecule has 0 N–H and O–H groups in total.